The van der Waals surface area contributed by atoms with Crippen molar-refractivity contribution in [2.75, 3.05) is 33.0 Å². The molecular formula is C6H15BrF6NP. The zero-order valence-electron chi connectivity index (χ0n) is 8.66. The van der Waals surface area contributed by atoms with Crippen LogP contribution in [0.5, 0.6) is 0 Å². The topological polar surface area (TPSA) is 0 Å². The van der Waals surface area contributed by atoms with Crippen molar-refractivity contribution >= 4 is 23.7 Å². The van der Waals surface area contributed by atoms with Gasteiger partial charge in [-0.25, -0.2) is 0 Å². The van der Waals surface area contributed by atoms with Gasteiger partial charge in [-0.15, -0.1) is 0 Å². The van der Waals surface area contributed by atoms with Gasteiger partial charge >= 0.3 is 33.0 Å². The summed E-state index contributed by atoms with van der Waals surface area (Å²) in [6.45, 7) is 1.26. The van der Waals surface area contributed by atoms with Crippen molar-refractivity contribution in [3.05, 3.63) is 0 Å². The fraction of sp³-hybridized carbons (Fsp3) is 1.00. The van der Waals surface area contributed by atoms with Crippen LogP contribution in [0.15, 0.2) is 0 Å². The van der Waals surface area contributed by atoms with Crippen LogP contribution in [0.4, 0.5) is 25.2 Å². The second-order valence-corrected chi connectivity index (χ2v) is 6.72. The van der Waals surface area contributed by atoms with Crippen molar-refractivity contribution < 1.29 is 29.7 Å². The molecule has 0 aromatic rings. The molecule has 15 heavy (non-hydrogen) atoms. The molecule has 0 fully saturated rings. The molecule has 0 aromatic heterocycles. The van der Waals surface area contributed by atoms with Gasteiger partial charge < -0.3 is 4.48 Å². The number of quaternary nitrogens is 1. The van der Waals surface area contributed by atoms with Gasteiger partial charge in [-0.05, 0) is 0 Å². The third kappa shape index (κ3) is 75.4. The van der Waals surface area contributed by atoms with Gasteiger partial charge in [0.2, 0.25) is 0 Å². The second-order valence-electron chi connectivity index (χ2n) is 4.01. The summed E-state index contributed by atoms with van der Waals surface area (Å²) in [6, 6.07) is 0. The molecule has 0 heterocycles. The predicted molar refractivity (Wildman–Crippen MR) is 54.9 cm³/mol. The molecule has 0 aliphatic carbocycles. The fourth-order valence-electron chi connectivity index (χ4n) is 0.534. The average molecular weight is 326 g/mol. The Bertz CT molecular complexity index is 180. The summed E-state index contributed by atoms with van der Waals surface area (Å²) >= 11 is 3.39. The first-order valence-electron chi connectivity index (χ1n) is 3.94. The molecule has 98 valence electrons. The Balaban J connectivity index is 0. The van der Waals surface area contributed by atoms with E-state index in [1.807, 2.05) is 0 Å². The van der Waals surface area contributed by atoms with E-state index in [4.69, 9.17) is 0 Å². The van der Waals surface area contributed by atoms with E-state index in [1.54, 1.807) is 0 Å². The first-order valence-corrected chi connectivity index (χ1v) is 7.09. The Morgan fingerprint density at radius 3 is 1.27 bits per heavy atom. The predicted octanol–water partition coefficient (Wildman–Crippen LogP) is 4.86. The van der Waals surface area contributed by atoms with Crippen LogP contribution in [0, 0.1) is 0 Å². The van der Waals surface area contributed by atoms with Crippen molar-refractivity contribution in [1.29, 1.82) is 0 Å². The zero-order valence-corrected chi connectivity index (χ0v) is 11.1. The van der Waals surface area contributed by atoms with E-state index in [-0.39, 0.29) is 0 Å². The summed E-state index contributed by atoms with van der Waals surface area (Å²) in [5.74, 6) is 0. The molecule has 0 rings (SSSR count). The first kappa shape index (κ1) is 17.8. The Hall–Kier alpha value is 0.450. The van der Waals surface area contributed by atoms with Gasteiger partial charge in [0.05, 0.1) is 27.7 Å². The number of hydrogen-bond acceptors (Lipinski definition) is 0. The average Bonchev–Trinajstić information content (AvgIpc) is 1.73. The third-order valence-electron chi connectivity index (χ3n) is 0.963. The Kier molecular flexibility index (Phi) is 5.20. The van der Waals surface area contributed by atoms with Gasteiger partial charge in [0.1, 0.15) is 0 Å². The molecule has 0 saturated carbocycles. The van der Waals surface area contributed by atoms with E-state index in [2.05, 4.69) is 37.1 Å². The van der Waals surface area contributed by atoms with Crippen molar-refractivity contribution in [1.82, 2.24) is 0 Å². The second kappa shape index (κ2) is 4.37. The van der Waals surface area contributed by atoms with Gasteiger partial charge in [0, 0.05) is 11.8 Å². The monoisotopic (exact) mass is 325 g/mol. The molecule has 0 amide bonds. The standard InChI is InChI=1S/C6H15BrN.F6P/c1-8(2,3)6-4-5-7;1-7(2,3,4,5)6/h4-6H2,1-3H3;/q+1;-1. The summed E-state index contributed by atoms with van der Waals surface area (Å²) in [4.78, 5) is 0. The summed E-state index contributed by atoms with van der Waals surface area (Å²) in [5, 5.41) is 1.13. The summed E-state index contributed by atoms with van der Waals surface area (Å²) in [5.41, 5.74) is 0. The van der Waals surface area contributed by atoms with Gasteiger partial charge in [0.25, 0.3) is 0 Å². The van der Waals surface area contributed by atoms with Crippen molar-refractivity contribution in [2.24, 2.45) is 0 Å². The van der Waals surface area contributed by atoms with Crippen LogP contribution in [0.3, 0.4) is 0 Å². The van der Waals surface area contributed by atoms with Crippen LogP contribution in [0.2, 0.25) is 0 Å². The van der Waals surface area contributed by atoms with E-state index in [0.717, 1.165) is 9.81 Å². The van der Waals surface area contributed by atoms with Crippen LogP contribution in [-0.4, -0.2) is 37.5 Å². The molecule has 0 aromatic carbocycles. The van der Waals surface area contributed by atoms with Crippen molar-refractivity contribution in [3.8, 4) is 0 Å². The van der Waals surface area contributed by atoms with Crippen molar-refractivity contribution in [3.63, 3.8) is 0 Å². The van der Waals surface area contributed by atoms with Gasteiger partial charge in [0.15, 0.2) is 0 Å². The number of hydrogen-bond donors (Lipinski definition) is 0. The molecule has 0 atom stereocenters. The Morgan fingerprint density at radius 2 is 1.20 bits per heavy atom. The number of rotatable bonds is 3. The number of nitrogens with zero attached hydrogens (tertiary/aromatic N) is 1. The summed E-state index contributed by atoms with van der Waals surface area (Å²) in [7, 11) is -4.02. The molecule has 0 bridgehead atoms. The Morgan fingerprint density at radius 1 is 0.933 bits per heavy atom. The molecular weight excluding hydrogens is 311 g/mol. The molecule has 1 nitrogen and oxygen atoms in total. The molecule has 0 unspecified atom stereocenters. The van der Waals surface area contributed by atoms with E-state index in [1.165, 1.54) is 13.0 Å². The third-order valence-corrected chi connectivity index (χ3v) is 1.52. The minimum absolute atomic E-state index is 1.08. The van der Waals surface area contributed by atoms with Gasteiger partial charge in [-0.1, -0.05) is 15.9 Å². The molecule has 0 saturated heterocycles. The van der Waals surface area contributed by atoms with Crippen molar-refractivity contribution in [2.45, 2.75) is 6.42 Å². The molecule has 0 aliphatic rings. The number of alkyl halides is 1. The molecule has 0 spiro atoms. The fourth-order valence-corrected chi connectivity index (χ4v) is 0.785. The summed E-state index contributed by atoms with van der Waals surface area (Å²) < 4.78 is 60.3. The van der Waals surface area contributed by atoms with Crippen LogP contribution in [0.1, 0.15) is 6.42 Å². The van der Waals surface area contributed by atoms with Crippen LogP contribution in [0.25, 0.3) is 0 Å². The Labute approximate surface area is 93.4 Å². The number of halogens is 7. The summed E-state index contributed by atoms with van der Waals surface area (Å²) in [6.07, 6.45) is 1.27. The first-order chi connectivity index (χ1) is 6.01. The zero-order chi connectivity index (χ0) is 13.0. The van der Waals surface area contributed by atoms with Crippen LogP contribution in [-0.2, 0) is 0 Å². The SMILES string of the molecule is C[N+](C)(C)CCCBr.F[P-](F)(F)(F)(F)F. The molecule has 0 radical (unpaired) electrons. The normalized spacial score (nSPS) is 17.2. The van der Waals surface area contributed by atoms with Crippen LogP contribution < -0.4 is 0 Å². The molecule has 0 N–H and O–H groups in total. The van der Waals surface area contributed by atoms with Gasteiger partial charge in [-0.2, -0.15) is 0 Å². The van der Waals surface area contributed by atoms with E-state index in [9.17, 15) is 25.2 Å². The van der Waals surface area contributed by atoms with Crippen LogP contribution >= 0.6 is 23.7 Å². The maximum atomic E-state index is 9.87. The molecule has 0 aliphatic heterocycles. The minimum atomic E-state index is -10.7. The van der Waals surface area contributed by atoms with E-state index < -0.39 is 7.81 Å². The van der Waals surface area contributed by atoms with Gasteiger partial charge in [-0.3, -0.25) is 0 Å². The van der Waals surface area contributed by atoms with E-state index in [0.29, 0.717) is 0 Å². The molecule has 9 heteroatoms. The quantitative estimate of drug-likeness (QED) is 0.301. The van der Waals surface area contributed by atoms with E-state index >= 15 is 0 Å². The maximum absolute atomic E-state index is 10.7.